The van der Waals surface area contributed by atoms with E-state index in [9.17, 15) is 5.11 Å². The zero-order valence-electron chi connectivity index (χ0n) is 7.82. The van der Waals surface area contributed by atoms with Gasteiger partial charge in [0.2, 0.25) is 0 Å². The van der Waals surface area contributed by atoms with Gasteiger partial charge in [-0.25, -0.2) is 0 Å². The fourth-order valence-corrected chi connectivity index (χ4v) is 2.29. The number of ether oxygens (including phenoxy) is 1. The summed E-state index contributed by atoms with van der Waals surface area (Å²) in [6.45, 7) is 1.44. The van der Waals surface area contributed by atoms with Crippen LogP contribution in [-0.2, 0) is 4.74 Å². The molecule has 1 aliphatic rings. The van der Waals surface area contributed by atoms with E-state index in [-0.39, 0.29) is 5.92 Å². The van der Waals surface area contributed by atoms with E-state index in [1.165, 1.54) is 0 Å². The van der Waals surface area contributed by atoms with E-state index in [1.54, 1.807) is 0 Å². The minimum Gasteiger partial charge on any atom is -0.388 e. The van der Waals surface area contributed by atoms with Crippen molar-refractivity contribution in [2.45, 2.75) is 12.5 Å². The number of rotatable bonds is 2. The highest BCUT2D eigenvalue weighted by Gasteiger charge is 2.26. The van der Waals surface area contributed by atoms with E-state index >= 15 is 0 Å². The van der Waals surface area contributed by atoms with Crippen LogP contribution in [0, 0.1) is 5.92 Å². The van der Waals surface area contributed by atoms with Gasteiger partial charge in [0.15, 0.2) is 0 Å². The smallest absolute Gasteiger partial charge is 0.0851 e. The van der Waals surface area contributed by atoms with E-state index < -0.39 is 6.10 Å². The average molecular weight is 257 g/mol. The van der Waals surface area contributed by atoms with Crippen LogP contribution in [0.25, 0.3) is 0 Å². The zero-order chi connectivity index (χ0) is 9.97. The normalized spacial score (nSPS) is 23.7. The Morgan fingerprint density at radius 3 is 2.86 bits per heavy atom. The molecule has 1 fully saturated rings. The van der Waals surface area contributed by atoms with E-state index in [1.807, 2.05) is 24.3 Å². The van der Waals surface area contributed by atoms with Crippen LogP contribution in [0.3, 0.4) is 0 Å². The van der Waals surface area contributed by atoms with Crippen LogP contribution in [0.2, 0.25) is 0 Å². The maximum absolute atomic E-state index is 10.1. The summed E-state index contributed by atoms with van der Waals surface area (Å²) in [6, 6.07) is 7.80. The first-order chi connectivity index (χ1) is 6.79. The van der Waals surface area contributed by atoms with Crippen LogP contribution in [0.15, 0.2) is 28.7 Å². The first-order valence-electron chi connectivity index (χ1n) is 4.79. The monoisotopic (exact) mass is 256 g/mol. The van der Waals surface area contributed by atoms with Gasteiger partial charge < -0.3 is 9.84 Å². The van der Waals surface area contributed by atoms with Crippen molar-refractivity contribution in [3.8, 4) is 0 Å². The Kier molecular flexibility index (Phi) is 3.21. The van der Waals surface area contributed by atoms with Gasteiger partial charge in [0.05, 0.1) is 12.7 Å². The second-order valence-corrected chi connectivity index (χ2v) is 4.44. The predicted octanol–water partition coefficient (Wildman–Crippen LogP) is 2.52. The van der Waals surface area contributed by atoms with Crippen molar-refractivity contribution in [2.75, 3.05) is 13.2 Å². The molecule has 1 aromatic carbocycles. The molecule has 0 bridgehead atoms. The third kappa shape index (κ3) is 2.00. The van der Waals surface area contributed by atoms with Crippen molar-refractivity contribution in [1.82, 2.24) is 0 Å². The van der Waals surface area contributed by atoms with E-state index in [0.717, 1.165) is 23.1 Å². The molecular weight excluding hydrogens is 244 g/mol. The molecule has 0 saturated carbocycles. The standard InChI is InChI=1S/C11H13BrO2/c12-10-4-2-1-3-9(10)11(13)8-5-6-14-7-8/h1-4,8,11,13H,5-7H2. The van der Waals surface area contributed by atoms with Gasteiger partial charge in [0, 0.05) is 17.0 Å². The van der Waals surface area contributed by atoms with Gasteiger partial charge in [0.1, 0.15) is 0 Å². The number of aliphatic hydroxyl groups is 1. The average Bonchev–Trinajstić information content (AvgIpc) is 2.70. The number of hydrogen-bond donors (Lipinski definition) is 1. The van der Waals surface area contributed by atoms with Gasteiger partial charge >= 0.3 is 0 Å². The quantitative estimate of drug-likeness (QED) is 0.882. The van der Waals surface area contributed by atoms with Gasteiger partial charge in [0.25, 0.3) is 0 Å². The number of halogens is 1. The highest BCUT2D eigenvalue weighted by atomic mass is 79.9. The third-order valence-electron chi connectivity index (χ3n) is 2.64. The lowest BCUT2D eigenvalue weighted by atomic mass is 9.95. The Hall–Kier alpha value is -0.380. The maximum atomic E-state index is 10.1. The van der Waals surface area contributed by atoms with E-state index in [4.69, 9.17) is 4.74 Å². The molecule has 2 atom stereocenters. The lowest BCUT2D eigenvalue weighted by molar-refractivity contribution is 0.0913. The molecule has 2 rings (SSSR count). The molecule has 1 aromatic rings. The Morgan fingerprint density at radius 2 is 2.21 bits per heavy atom. The van der Waals surface area contributed by atoms with Gasteiger partial charge in [-0.1, -0.05) is 34.1 Å². The molecule has 0 radical (unpaired) electrons. The molecule has 2 nitrogen and oxygen atoms in total. The van der Waals surface area contributed by atoms with Gasteiger partial charge in [-0.2, -0.15) is 0 Å². The predicted molar refractivity (Wildman–Crippen MR) is 58.0 cm³/mol. The molecule has 76 valence electrons. The lowest BCUT2D eigenvalue weighted by Crippen LogP contribution is -2.12. The van der Waals surface area contributed by atoms with Crippen LogP contribution in [0.1, 0.15) is 18.1 Å². The summed E-state index contributed by atoms with van der Waals surface area (Å²) in [5.41, 5.74) is 0.961. The van der Waals surface area contributed by atoms with Crippen LogP contribution in [-0.4, -0.2) is 18.3 Å². The molecule has 0 amide bonds. The summed E-state index contributed by atoms with van der Waals surface area (Å²) in [7, 11) is 0. The highest BCUT2D eigenvalue weighted by Crippen LogP contribution is 2.32. The lowest BCUT2D eigenvalue weighted by Gasteiger charge is -2.17. The van der Waals surface area contributed by atoms with Crippen LogP contribution < -0.4 is 0 Å². The Labute approximate surface area is 92.0 Å². The molecular formula is C11H13BrO2. The van der Waals surface area contributed by atoms with Crippen molar-refractivity contribution in [3.05, 3.63) is 34.3 Å². The molecule has 1 aliphatic heterocycles. The minimum absolute atomic E-state index is 0.244. The molecule has 2 unspecified atom stereocenters. The Balaban J connectivity index is 2.17. The number of benzene rings is 1. The second kappa shape index (κ2) is 4.43. The summed E-state index contributed by atoms with van der Waals surface area (Å²) in [5.74, 6) is 0.244. The van der Waals surface area contributed by atoms with Gasteiger partial charge in [-0.05, 0) is 18.1 Å². The van der Waals surface area contributed by atoms with Crippen LogP contribution in [0.4, 0.5) is 0 Å². The third-order valence-corrected chi connectivity index (χ3v) is 3.36. The molecule has 0 spiro atoms. The van der Waals surface area contributed by atoms with E-state index in [2.05, 4.69) is 15.9 Å². The van der Waals surface area contributed by atoms with Crippen molar-refractivity contribution < 1.29 is 9.84 Å². The first-order valence-corrected chi connectivity index (χ1v) is 5.58. The number of hydrogen-bond acceptors (Lipinski definition) is 2. The summed E-state index contributed by atoms with van der Waals surface area (Å²) in [5, 5.41) is 10.1. The molecule has 14 heavy (non-hydrogen) atoms. The highest BCUT2D eigenvalue weighted by molar-refractivity contribution is 9.10. The molecule has 3 heteroatoms. The maximum Gasteiger partial charge on any atom is 0.0851 e. The van der Waals surface area contributed by atoms with Crippen molar-refractivity contribution >= 4 is 15.9 Å². The molecule has 1 N–H and O–H groups in total. The topological polar surface area (TPSA) is 29.5 Å². The van der Waals surface area contributed by atoms with Crippen molar-refractivity contribution in [1.29, 1.82) is 0 Å². The minimum atomic E-state index is -0.409. The summed E-state index contributed by atoms with van der Waals surface area (Å²) in [6.07, 6.45) is 0.538. The van der Waals surface area contributed by atoms with Crippen molar-refractivity contribution in [3.63, 3.8) is 0 Å². The number of aliphatic hydroxyl groups excluding tert-OH is 1. The van der Waals surface area contributed by atoms with Crippen LogP contribution in [0.5, 0.6) is 0 Å². The van der Waals surface area contributed by atoms with Gasteiger partial charge in [-0.15, -0.1) is 0 Å². The van der Waals surface area contributed by atoms with Gasteiger partial charge in [-0.3, -0.25) is 0 Å². The Bertz CT molecular complexity index is 308. The fourth-order valence-electron chi connectivity index (χ4n) is 1.77. The molecule has 0 aliphatic carbocycles. The van der Waals surface area contributed by atoms with E-state index in [0.29, 0.717) is 6.61 Å². The summed E-state index contributed by atoms with van der Waals surface area (Å²) >= 11 is 3.44. The molecule has 1 saturated heterocycles. The molecule has 1 heterocycles. The van der Waals surface area contributed by atoms with Crippen molar-refractivity contribution in [2.24, 2.45) is 5.92 Å². The second-order valence-electron chi connectivity index (χ2n) is 3.59. The zero-order valence-corrected chi connectivity index (χ0v) is 9.40. The summed E-state index contributed by atoms with van der Waals surface area (Å²) in [4.78, 5) is 0. The Morgan fingerprint density at radius 1 is 1.43 bits per heavy atom. The molecule has 0 aromatic heterocycles. The largest absolute Gasteiger partial charge is 0.388 e. The first kappa shape index (κ1) is 10.1. The fraction of sp³-hybridized carbons (Fsp3) is 0.455. The summed E-state index contributed by atoms with van der Waals surface area (Å²) < 4.78 is 6.24. The van der Waals surface area contributed by atoms with Crippen LogP contribution >= 0.6 is 15.9 Å². The SMILES string of the molecule is OC(c1ccccc1Br)C1CCOC1.